The van der Waals surface area contributed by atoms with Crippen LogP contribution in [0.4, 0.5) is 14.9 Å². The zero-order valence-corrected chi connectivity index (χ0v) is 11.1. The van der Waals surface area contributed by atoms with Gasteiger partial charge in [-0.2, -0.15) is 0 Å². The number of carbonyl (C=O) groups excluding carboxylic acids is 2. The fourth-order valence-corrected chi connectivity index (χ4v) is 1.87. The van der Waals surface area contributed by atoms with Crippen molar-refractivity contribution in [1.29, 1.82) is 0 Å². The lowest BCUT2D eigenvalue weighted by Gasteiger charge is -2.14. The molecule has 0 saturated carbocycles. The summed E-state index contributed by atoms with van der Waals surface area (Å²) in [6.45, 7) is 3.07. The van der Waals surface area contributed by atoms with Crippen LogP contribution in [0.25, 0.3) is 0 Å². The number of carbonyl (C=O) groups is 2. The van der Waals surface area contributed by atoms with Crippen LogP contribution in [0.2, 0.25) is 0 Å². The fourth-order valence-electron chi connectivity index (χ4n) is 1.87. The molecule has 0 bridgehead atoms. The van der Waals surface area contributed by atoms with Gasteiger partial charge in [-0.1, -0.05) is 0 Å². The SMILES string of the molecule is Cc1c(N)cc(C(=O)OCCN2CCNC2=O)cc1F. The second kappa shape index (κ2) is 5.77. The highest BCUT2D eigenvalue weighted by Crippen LogP contribution is 2.18. The zero-order valence-electron chi connectivity index (χ0n) is 11.1. The lowest BCUT2D eigenvalue weighted by atomic mass is 10.1. The van der Waals surface area contributed by atoms with Crippen LogP contribution in [0.1, 0.15) is 15.9 Å². The van der Waals surface area contributed by atoms with Crippen LogP contribution >= 0.6 is 0 Å². The molecule has 20 heavy (non-hydrogen) atoms. The molecule has 0 radical (unpaired) electrons. The summed E-state index contributed by atoms with van der Waals surface area (Å²) in [7, 11) is 0. The summed E-state index contributed by atoms with van der Waals surface area (Å²) in [6, 6.07) is 2.30. The van der Waals surface area contributed by atoms with E-state index in [9.17, 15) is 14.0 Å². The van der Waals surface area contributed by atoms with E-state index in [0.717, 1.165) is 6.07 Å². The number of urea groups is 1. The number of amides is 2. The van der Waals surface area contributed by atoms with Gasteiger partial charge in [0.2, 0.25) is 0 Å². The van der Waals surface area contributed by atoms with Crippen LogP contribution in [0.5, 0.6) is 0 Å². The molecule has 6 nitrogen and oxygen atoms in total. The van der Waals surface area contributed by atoms with Gasteiger partial charge in [-0.05, 0) is 19.1 Å². The number of halogens is 1. The fraction of sp³-hybridized carbons (Fsp3) is 0.385. The molecular formula is C13H16FN3O3. The second-order valence-corrected chi connectivity index (χ2v) is 4.53. The van der Waals surface area contributed by atoms with Crippen molar-refractivity contribution < 1.29 is 18.7 Å². The number of nitrogens with two attached hydrogens (primary N) is 1. The van der Waals surface area contributed by atoms with Crippen LogP contribution in [0, 0.1) is 12.7 Å². The maximum absolute atomic E-state index is 13.5. The Bertz CT molecular complexity index is 525. The Labute approximate surface area is 115 Å². The maximum atomic E-state index is 13.5. The van der Waals surface area contributed by atoms with Crippen molar-refractivity contribution in [3.8, 4) is 0 Å². The van der Waals surface area contributed by atoms with E-state index >= 15 is 0 Å². The largest absolute Gasteiger partial charge is 0.460 e. The molecule has 1 aliphatic rings. The van der Waals surface area contributed by atoms with Crippen LogP contribution in [-0.4, -0.2) is 43.1 Å². The molecule has 7 heteroatoms. The van der Waals surface area contributed by atoms with E-state index in [1.54, 1.807) is 0 Å². The monoisotopic (exact) mass is 281 g/mol. The summed E-state index contributed by atoms with van der Waals surface area (Å²) in [4.78, 5) is 24.5. The first-order valence-electron chi connectivity index (χ1n) is 6.24. The highest BCUT2D eigenvalue weighted by Gasteiger charge is 2.19. The van der Waals surface area contributed by atoms with E-state index in [1.807, 2.05) is 0 Å². The van der Waals surface area contributed by atoms with Gasteiger partial charge < -0.3 is 20.7 Å². The summed E-state index contributed by atoms with van der Waals surface area (Å²) >= 11 is 0. The van der Waals surface area contributed by atoms with Crippen LogP contribution in [-0.2, 0) is 4.74 Å². The topological polar surface area (TPSA) is 84.7 Å². The number of hydrogen-bond donors (Lipinski definition) is 2. The zero-order chi connectivity index (χ0) is 14.7. The van der Waals surface area contributed by atoms with Gasteiger partial charge in [-0.25, -0.2) is 14.0 Å². The molecule has 0 unspecified atom stereocenters. The summed E-state index contributed by atoms with van der Waals surface area (Å²) < 4.78 is 18.5. The molecule has 1 aliphatic heterocycles. The number of ether oxygens (including phenoxy) is 1. The van der Waals surface area contributed by atoms with E-state index < -0.39 is 11.8 Å². The van der Waals surface area contributed by atoms with Gasteiger partial charge in [0.05, 0.1) is 12.1 Å². The molecule has 1 aromatic rings. The molecule has 0 spiro atoms. The standard InChI is InChI=1S/C13H16FN3O3/c1-8-10(14)6-9(7-11(8)15)12(18)20-5-4-17-3-2-16-13(17)19/h6-7H,2-5,15H2,1H3,(H,16,19). The Morgan fingerprint density at radius 2 is 2.30 bits per heavy atom. The van der Waals surface area contributed by atoms with Gasteiger partial charge in [0, 0.05) is 24.3 Å². The van der Waals surface area contributed by atoms with Gasteiger partial charge in [-0.15, -0.1) is 0 Å². The number of hydrogen-bond acceptors (Lipinski definition) is 4. The molecule has 2 rings (SSSR count). The average molecular weight is 281 g/mol. The third kappa shape index (κ3) is 2.98. The predicted molar refractivity (Wildman–Crippen MR) is 70.8 cm³/mol. The number of rotatable bonds is 4. The first kappa shape index (κ1) is 14.1. The van der Waals surface area contributed by atoms with Gasteiger partial charge in [0.1, 0.15) is 12.4 Å². The minimum atomic E-state index is -0.657. The predicted octanol–water partition coefficient (Wildman–Crippen LogP) is 0.898. The first-order chi connectivity index (χ1) is 9.49. The molecular weight excluding hydrogens is 265 g/mol. The molecule has 1 heterocycles. The number of nitrogens with zero attached hydrogens (tertiary/aromatic N) is 1. The number of esters is 1. The molecule has 0 aromatic heterocycles. The summed E-state index contributed by atoms with van der Waals surface area (Å²) in [5.41, 5.74) is 6.17. The number of benzene rings is 1. The molecule has 1 aromatic carbocycles. The molecule has 108 valence electrons. The number of nitrogen functional groups attached to an aromatic ring is 1. The second-order valence-electron chi connectivity index (χ2n) is 4.53. The van der Waals surface area contributed by atoms with Crippen LogP contribution in [0.3, 0.4) is 0 Å². The summed E-state index contributed by atoms with van der Waals surface area (Å²) in [6.07, 6.45) is 0. The molecule has 0 atom stereocenters. The Morgan fingerprint density at radius 3 is 2.90 bits per heavy atom. The van der Waals surface area contributed by atoms with Gasteiger partial charge >= 0.3 is 12.0 Å². The highest BCUT2D eigenvalue weighted by molar-refractivity contribution is 5.90. The Hall–Kier alpha value is -2.31. The summed E-state index contributed by atoms with van der Waals surface area (Å²) in [5.74, 6) is -1.20. The minimum absolute atomic E-state index is 0.0572. The Balaban J connectivity index is 1.90. The summed E-state index contributed by atoms with van der Waals surface area (Å²) in [5, 5.41) is 2.64. The maximum Gasteiger partial charge on any atom is 0.338 e. The van der Waals surface area contributed by atoms with Crippen molar-refractivity contribution in [3.05, 3.63) is 29.1 Å². The third-order valence-electron chi connectivity index (χ3n) is 3.16. The molecule has 0 aliphatic carbocycles. The van der Waals surface area contributed by atoms with Gasteiger partial charge in [0.15, 0.2) is 0 Å². The van der Waals surface area contributed by atoms with E-state index in [1.165, 1.54) is 17.9 Å². The van der Waals surface area contributed by atoms with Crippen molar-refractivity contribution >= 4 is 17.7 Å². The Kier molecular flexibility index (Phi) is 4.07. The van der Waals surface area contributed by atoms with Crippen molar-refractivity contribution in [2.24, 2.45) is 0 Å². The normalized spacial score (nSPS) is 14.3. The smallest absolute Gasteiger partial charge is 0.338 e. The quantitative estimate of drug-likeness (QED) is 0.634. The highest BCUT2D eigenvalue weighted by atomic mass is 19.1. The third-order valence-corrected chi connectivity index (χ3v) is 3.16. The molecule has 1 saturated heterocycles. The lowest BCUT2D eigenvalue weighted by molar-refractivity contribution is 0.0481. The number of nitrogens with one attached hydrogen (secondary N) is 1. The van der Waals surface area contributed by atoms with E-state index in [0.29, 0.717) is 25.2 Å². The van der Waals surface area contributed by atoms with E-state index in [-0.39, 0.29) is 23.9 Å². The molecule has 2 amide bonds. The van der Waals surface area contributed by atoms with Gasteiger partial charge in [0.25, 0.3) is 0 Å². The first-order valence-corrected chi connectivity index (χ1v) is 6.24. The van der Waals surface area contributed by atoms with Crippen LogP contribution in [0.15, 0.2) is 12.1 Å². The average Bonchev–Trinajstić information content (AvgIpc) is 2.81. The van der Waals surface area contributed by atoms with E-state index in [2.05, 4.69) is 5.32 Å². The van der Waals surface area contributed by atoms with Crippen molar-refractivity contribution in [2.75, 3.05) is 32.0 Å². The van der Waals surface area contributed by atoms with E-state index in [4.69, 9.17) is 10.5 Å². The molecule has 3 N–H and O–H groups in total. The van der Waals surface area contributed by atoms with Crippen molar-refractivity contribution in [2.45, 2.75) is 6.92 Å². The number of anilines is 1. The van der Waals surface area contributed by atoms with Crippen molar-refractivity contribution in [1.82, 2.24) is 10.2 Å². The Morgan fingerprint density at radius 1 is 1.55 bits per heavy atom. The lowest BCUT2D eigenvalue weighted by Crippen LogP contribution is -2.31. The minimum Gasteiger partial charge on any atom is -0.460 e. The van der Waals surface area contributed by atoms with Gasteiger partial charge in [-0.3, -0.25) is 0 Å². The van der Waals surface area contributed by atoms with Crippen LogP contribution < -0.4 is 11.1 Å². The van der Waals surface area contributed by atoms with Crippen molar-refractivity contribution in [3.63, 3.8) is 0 Å². The molecule has 1 fully saturated rings.